The average molecular weight is 359 g/mol. The van der Waals surface area contributed by atoms with Gasteiger partial charge in [0.05, 0.1) is 12.3 Å². The molecule has 0 aliphatic carbocycles. The maximum Gasteiger partial charge on any atom is 0.323 e. The summed E-state index contributed by atoms with van der Waals surface area (Å²) in [5.74, 6) is -0.316. The van der Waals surface area contributed by atoms with E-state index in [1.54, 1.807) is 13.0 Å². The molecule has 0 bridgehead atoms. The summed E-state index contributed by atoms with van der Waals surface area (Å²) in [6.07, 6.45) is 1.36. The molecule has 1 aromatic heterocycles. The van der Waals surface area contributed by atoms with Crippen LogP contribution < -0.4 is 0 Å². The molecule has 0 saturated carbocycles. The number of aromatic nitrogens is 1. The number of ether oxygens (including phenoxy) is 1. The van der Waals surface area contributed by atoms with E-state index in [1.165, 1.54) is 10.6 Å². The third-order valence-corrected chi connectivity index (χ3v) is 5.85. The largest absolute Gasteiger partial charge is 0.465 e. The molecule has 1 atom stereocenters. The van der Waals surface area contributed by atoms with E-state index in [4.69, 9.17) is 4.74 Å². The Kier molecular flexibility index (Phi) is 6.36. The molecular weight excluding hydrogens is 334 g/mol. The smallest absolute Gasteiger partial charge is 0.323 e. The van der Waals surface area contributed by atoms with Crippen molar-refractivity contribution in [3.63, 3.8) is 0 Å². The minimum Gasteiger partial charge on any atom is -0.465 e. The van der Waals surface area contributed by atoms with Gasteiger partial charge in [-0.05, 0) is 12.8 Å². The van der Waals surface area contributed by atoms with Crippen LogP contribution in [0.2, 0.25) is 0 Å². The minimum atomic E-state index is -3.44. The first-order valence-electron chi connectivity index (χ1n) is 8.13. The third-order valence-electron chi connectivity index (χ3n) is 4.04. The molecule has 2 heterocycles. The van der Waals surface area contributed by atoms with Gasteiger partial charge in [-0.3, -0.25) is 9.69 Å². The summed E-state index contributed by atoms with van der Waals surface area (Å²) in [5, 5.41) is 3.65. The topological polar surface area (TPSA) is 93.0 Å². The molecule has 24 heavy (non-hydrogen) atoms. The zero-order valence-electron chi connectivity index (χ0n) is 14.3. The van der Waals surface area contributed by atoms with Crippen LogP contribution >= 0.6 is 0 Å². The van der Waals surface area contributed by atoms with Gasteiger partial charge in [0.15, 0.2) is 0 Å². The summed E-state index contributed by atoms with van der Waals surface area (Å²) < 4.78 is 36.1. The highest BCUT2D eigenvalue weighted by atomic mass is 32.2. The minimum absolute atomic E-state index is 0.0994. The SMILES string of the molecule is CCOC(=O)[C@@H](C(C)C)N1CCN(S(=O)(=O)Cc2ccon2)CC1. The number of hydrogen-bond acceptors (Lipinski definition) is 7. The molecule has 0 radical (unpaired) electrons. The molecule has 8 nitrogen and oxygen atoms in total. The van der Waals surface area contributed by atoms with Gasteiger partial charge >= 0.3 is 5.97 Å². The highest BCUT2D eigenvalue weighted by Gasteiger charge is 2.35. The van der Waals surface area contributed by atoms with E-state index in [2.05, 4.69) is 9.68 Å². The summed E-state index contributed by atoms with van der Waals surface area (Å²) in [6, 6.07) is 1.20. The summed E-state index contributed by atoms with van der Waals surface area (Å²) >= 11 is 0. The van der Waals surface area contributed by atoms with Gasteiger partial charge in [-0.15, -0.1) is 0 Å². The van der Waals surface area contributed by atoms with Crippen molar-refractivity contribution in [1.29, 1.82) is 0 Å². The van der Waals surface area contributed by atoms with Crippen molar-refractivity contribution in [2.45, 2.75) is 32.6 Å². The maximum absolute atomic E-state index is 12.4. The van der Waals surface area contributed by atoms with Gasteiger partial charge < -0.3 is 9.26 Å². The number of sulfonamides is 1. The lowest BCUT2D eigenvalue weighted by atomic mass is 10.0. The molecule has 0 N–H and O–H groups in total. The Balaban J connectivity index is 1.97. The molecule has 0 amide bonds. The first kappa shape index (κ1) is 18.9. The predicted octanol–water partition coefficient (Wildman–Crippen LogP) is 0.710. The molecule has 0 aromatic carbocycles. The molecule has 1 aromatic rings. The standard InChI is InChI=1S/C15H25N3O5S/c1-4-22-15(19)14(12(2)3)17-6-8-18(9-7-17)24(20,21)11-13-5-10-23-16-13/h5,10,12,14H,4,6-9,11H2,1-3H3/t14-/m1/s1. The third kappa shape index (κ3) is 4.55. The summed E-state index contributed by atoms with van der Waals surface area (Å²) in [7, 11) is -3.44. The lowest BCUT2D eigenvalue weighted by Crippen LogP contribution is -2.55. The van der Waals surface area contributed by atoms with Gasteiger partial charge in [0.25, 0.3) is 0 Å². The van der Waals surface area contributed by atoms with Crippen LogP contribution in [0.15, 0.2) is 16.9 Å². The second-order valence-electron chi connectivity index (χ2n) is 6.12. The summed E-state index contributed by atoms with van der Waals surface area (Å²) in [6.45, 7) is 7.76. The fraction of sp³-hybridized carbons (Fsp3) is 0.733. The average Bonchev–Trinajstić information content (AvgIpc) is 3.00. The molecule has 1 aliphatic rings. The second-order valence-corrected chi connectivity index (χ2v) is 8.09. The number of rotatable bonds is 7. The van der Waals surface area contributed by atoms with E-state index in [0.717, 1.165) is 0 Å². The van der Waals surface area contributed by atoms with Gasteiger partial charge in [0.2, 0.25) is 10.0 Å². The molecule has 1 saturated heterocycles. The highest BCUT2D eigenvalue weighted by Crippen LogP contribution is 2.18. The maximum atomic E-state index is 12.4. The van der Waals surface area contributed by atoms with Crippen LogP contribution in [0.25, 0.3) is 0 Å². The predicted molar refractivity (Wildman–Crippen MR) is 87.5 cm³/mol. The van der Waals surface area contributed by atoms with Crippen LogP contribution in [0, 0.1) is 5.92 Å². The molecule has 0 spiro atoms. The Morgan fingerprint density at radius 3 is 2.50 bits per heavy atom. The summed E-state index contributed by atoms with van der Waals surface area (Å²) in [4.78, 5) is 14.2. The van der Waals surface area contributed by atoms with E-state index in [0.29, 0.717) is 38.5 Å². The van der Waals surface area contributed by atoms with Crippen molar-refractivity contribution in [3.05, 3.63) is 18.0 Å². The van der Waals surface area contributed by atoms with Gasteiger partial charge in [0, 0.05) is 32.2 Å². The number of piperazine rings is 1. The number of carbonyl (C=O) groups excluding carboxylic acids is 1. The monoisotopic (exact) mass is 359 g/mol. The van der Waals surface area contributed by atoms with Gasteiger partial charge in [-0.2, -0.15) is 4.31 Å². The fourth-order valence-electron chi connectivity index (χ4n) is 2.92. The lowest BCUT2D eigenvalue weighted by molar-refractivity contribution is -0.152. The molecular formula is C15H25N3O5S. The first-order valence-corrected chi connectivity index (χ1v) is 9.74. The van der Waals surface area contributed by atoms with Crippen molar-refractivity contribution >= 4 is 16.0 Å². The Labute approximate surface area is 142 Å². The van der Waals surface area contributed by atoms with E-state index in [-0.39, 0.29) is 23.7 Å². The highest BCUT2D eigenvalue weighted by molar-refractivity contribution is 7.88. The lowest BCUT2D eigenvalue weighted by Gasteiger charge is -2.38. The Morgan fingerprint density at radius 1 is 1.33 bits per heavy atom. The molecule has 136 valence electrons. The van der Waals surface area contributed by atoms with Gasteiger partial charge in [-0.1, -0.05) is 19.0 Å². The quantitative estimate of drug-likeness (QED) is 0.662. The zero-order chi connectivity index (χ0) is 17.7. The second kappa shape index (κ2) is 8.09. The summed E-state index contributed by atoms with van der Waals surface area (Å²) in [5.41, 5.74) is 0.393. The molecule has 9 heteroatoms. The van der Waals surface area contributed by atoms with Crippen LogP contribution in [0.1, 0.15) is 26.5 Å². The number of carbonyl (C=O) groups is 1. The molecule has 0 unspecified atom stereocenters. The Morgan fingerprint density at radius 2 is 2.00 bits per heavy atom. The van der Waals surface area contributed by atoms with E-state index >= 15 is 0 Å². The van der Waals surface area contributed by atoms with Crippen LogP contribution in [-0.2, 0) is 25.3 Å². The van der Waals surface area contributed by atoms with E-state index < -0.39 is 10.0 Å². The van der Waals surface area contributed by atoms with Crippen molar-refractivity contribution < 1.29 is 22.5 Å². The fourth-order valence-corrected chi connectivity index (χ4v) is 4.35. The van der Waals surface area contributed by atoms with E-state index in [9.17, 15) is 13.2 Å². The molecule has 1 aliphatic heterocycles. The Bertz CT molecular complexity index is 622. The van der Waals surface area contributed by atoms with E-state index in [1.807, 2.05) is 18.7 Å². The van der Waals surface area contributed by atoms with Crippen LogP contribution in [0.4, 0.5) is 0 Å². The normalized spacial score (nSPS) is 18.7. The number of esters is 1. The van der Waals surface area contributed by atoms with Gasteiger partial charge in [-0.25, -0.2) is 8.42 Å². The van der Waals surface area contributed by atoms with Crippen LogP contribution in [-0.4, -0.2) is 67.6 Å². The first-order chi connectivity index (χ1) is 11.3. The molecule has 1 fully saturated rings. The molecule has 2 rings (SSSR count). The van der Waals surface area contributed by atoms with Crippen molar-refractivity contribution in [2.75, 3.05) is 32.8 Å². The zero-order valence-corrected chi connectivity index (χ0v) is 15.2. The van der Waals surface area contributed by atoms with Crippen LogP contribution in [0.3, 0.4) is 0 Å². The van der Waals surface area contributed by atoms with Gasteiger partial charge in [0.1, 0.15) is 18.1 Å². The van der Waals surface area contributed by atoms with Crippen LogP contribution in [0.5, 0.6) is 0 Å². The van der Waals surface area contributed by atoms with Crippen molar-refractivity contribution in [3.8, 4) is 0 Å². The van der Waals surface area contributed by atoms with Crippen molar-refractivity contribution in [2.24, 2.45) is 5.92 Å². The number of nitrogens with zero attached hydrogens (tertiary/aromatic N) is 3. The number of hydrogen-bond donors (Lipinski definition) is 0. The van der Waals surface area contributed by atoms with Crippen molar-refractivity contribution in [1.82, 2.24) is 14.4 Å². The Hall–Kier alpha value is -1.45.